The lowest BCUT2D eigenvalue weighted by Crippen LogP contribution is -2.27. The SMILES string of the molecule is CCC(Cc1ccccc1)c1cc(N2CC[C@@H](N)C2)nc(N)n1. The molecule has 2 aromatic rings. The molecule has 2 heterocycles. The summed E-state index contributed by atoms with van der Waals surface area (Å²) < 4.78 is 0. The maximum atomic E-state index is 6.01. The van der Waals surface area contributed by atoms with E-state index in [0.29, 0.717) is 11.9 Å². The zero-order chi connectivity index (χ0) is 16.2. The first kappa shape index (κ1) is 15.7. The Morgan fingerprint density at radius 1 is 1.26 bits per heavy atom. The van der Waals surface area contributed by atoms with E-state index >= 15 is 0 Å². The van der Waals surface area contributed by atoms with Crippen molar-refractivity contribution in [3.8, 4) is 0 Å². The molecule has 1 unspecified atom stereocenters. The van der Waals surface area contributed by atoms with E-state index in [1.54, 1.807) is 0 Å². The second-order valence-corrected chi connectivity index (χ2v) is 6.30. The standard InChI is InChI=1S/C18H25N5/c1-2-14(10-13-6-4-3-5-7-13)16-11-17(22-18(20)21-16)23-9-8-15(19)12-23/h3-7,11,14-15H,2,8-10,12,19H2,1H3,(H2,20,21,22)/t14?,15-/m1/s1. The predicted octanol–water partition coefficient (Wildman–Crippen LogP) is 2.33. The molecular weight excluding hydrogens is 286 g/mol. The van der Waals surface area contributed by atoms with Crippen LogP contribution in [0.1, 0.15) is 36.9 Å². The highest BCUT2D eigenvalue weighted by molar-refractivity contribution is 5.45. The van der Waals surface area contributed by atoms with E-state index in [1.165, 1.54) is 5.56 Å². The minimum atomic E-state index is 0.223. The van der Waals surface area contributed by atoms with Crippen molar-refractivity contribution >= 4 is 11.8 Å². The molecule has 1 fully saturated rings. The summed E-state index contributed by atoms with van der Waals surface area (Å²) in [4.78, 5) is 11.1. The van der Waals surface area contributed by atoms with Gasteiger partial charge in [-0.25, -0.2) is 4.98 Å². The molecule has 1 aliphatic rings. The van der Waals surface area contributed by atoms with Crippen LogP contribution in [-0.4, -0.2) is 29.1 Å². The molecule has 0 spiro atoms. The quantitative estimate of drug-likeness (QED) is 0.886. The lowest BCUT2D eigenvalue weighted by Gasteiger charge is -2.20. The summed E-state index contributed by atoms with van der Waals surface area (Å²) in [6.45, 7) is 3.97. The molecule has 1 aliphatic heterocycles. The Kier molecular flexibility index (Phi) is 4.76. The van der Waals surface area contributed by atoms with Crippen LogP contribution in [0.2, 0.25) is 0 Å². The van der Waals surface area contributed by atoms with Gasteiger partial charge < -0.3 is 16.4 Å². The van der Waals surface area contributed by atoms with Gasteiger partial charge in [-0.3, -0.25) is 0 Å². The Bertz CT molecular complexity index is 643. The Hall–Kier alpha value is -2.14. The first-order valence-corrected chi connectivity index (χ1v) is 8.34. The molecule has 2 atom stereocenters. The van der Waals surface area contributed by atoms with Gasteiger partial charge in [-0.2, -0.15) is 4.98 Å². The van der Waals surface area contributed by atoms with Crippen LogP contribution in [0.4, 0.5) is 11.8 Å². The molecule has 0 bridgehead atoms. The van der Waals surface area contributed by atoms with Crippen LogP contribution in [0, 0.1) is 0 Å². The zero-order valence-corrected chi connectivity index (χ0v) is 13.7. The molecule has 5 nitrogen and oxygen atoms in total. The van der Waals surface area contributed by atoms with Gasteiger partial charge in [0, 0.05) is 31.1 Å². The molecule has 0 radical (unpaired) electrons. The fourth-order valence-corrected chi connectivity index (χ4v) is 3.19. The molecule has 4 N–H and O–H groups in total. The van der Waals surface area contributed by atoms with Crippen molar-refractivity contribution in [2.24, 2.45) is 5.73 Å². The average molecular weight is 311 g/mol. The van der Waals surface area contributed by atoms with E-state index in [0.717, 1.165) is 43.9 Å². The third kappa shape index (κ3) is 3.79. The fraction of sp³-hybridized carbons (Fsp3) is 0.444. The molecule has 3 rings (SSSR count). The maximum Gasteiger partial charge on any atom is 0.222 e. The third-order valence-electron chi connectivity index (χ3n) is 4.53. The van der Waals surface area contributed by atoms with Gasteiger partial charge in [-0.1, -0.05) is 37.3 Å². The van der Waals surface area contributed by atoms with Crippen LogP contribution in [0.25, 0.3) is 0 Å². The molecule has 5 heteroatoms. The molecule has 0 saturated carbocycles. The van der Waals surface area contributed by atoms with Crippen molar-refractivity contribution < 1.29 is 0 Å². The number of benzene rings is 1. The van der Waals surface area contributed by atoms with Crippen LogP contribution in [0.15, 0.2) is 36.4 Å². The van der Waals surface area contributed by atoms with Crippen molar-refractivity contribution in [1.29, 1.82) is 0 Å². The molecule has 23 heavy (non-hydrogen) atoms. The number of nitrogens with zero attached hydrogens (tertiary/aromatic N) is 3. The number of nitrogens with two attached hydrogens (primary N) is 2. The highest BCUT2D eigenvalue weighted by Gasteiger charge is 2.22. The van der Waals surface area contributed by atoms with Crippen molar-refractivity contribution in [2.45, 2.75) is 38.1 Å². The predicted molar refractivity (Wildman–Crippen MR) is 94.4 cm³/mol. The first-order chi connectivity index (χ1) is 11.2. The zero-order valence-electron chi connectivity index (χ0n) is 13.7. The smallest absolute Gasteiger partial charge is 0.222 e. The molecule has 1 aromatic heterocycles. The summed E-state index contributed by atoms with van der Waals surface area (Å²) in [6.07, 6.45) is 2.98. The van der Waals surface area contributed by atoms with Crippen LogP contribution in [0.3, 0.4) is 0 Å². The number of hydrogen-bond donors (Lipinski definition) is 2. The highest BCUT2D eigenvalue weighted by Crippen LogP contribution is 2.27. The molecule has 0 aliphatic carbocycles. The van der Waals surface area contributed by atoms with Crippen molar-refractivity contribution in [3.05, 3.63) is 47.7 Å². The van der Waals surface area contributed by atoms with E-state index in [-0.39, 0.29) is 6.04 Å². The first-order valence-electron chi connectivity index (χ1n) is 8.34. The summed E-state index contributed by atoms with van der Waals surface area (Å²) in [5, 5.41) is 0. The van der Waals surface area contributed by atoms with E-state index in [9.17, 15) is 0 Å². The van der Waals surface area contributed by atoms with Crippen LogP contribution < -0.4 is 16.4 Å². The summed E-state index contributed by atoms with van der Waals surface area (Å²) in [7, 11) is 0. The molecular formula is C18H25N5. The Morgan fingerprint density at radius 2 is 2.04 bits per heavy atom. The molecule has 0 amide bonds. The number of hydrogen-bond acceptors (Lipinski definition) is 5. The monoisotopic (exact) mass is 311 g/mol. The fourth-order valence-electron chi connectivity index (χ4n) is 3.19. The summed E-state index contributed by atoms with van der Waals surface area (Å²) in [6, 6.07) is 12.8. The topological polar surface area (TPSA) is 81.1 Å². The molecule has 1 aromatic carbocycles. The number of aromatic nitrogens is 2. The van der Waals surface area contributed by atoms with Gasteiger partial charge in [0.15, 0.2) is 0 Å². The number of anilines is 2. The van der Waals surface area contributed by atoms with Gasteiger partial charge in [-0.05, 0) is 24.8 Å². The van der Waals surface area contributed by atoms with Crippen LogP contribution >= 0.6 is 0 Å². The Labute approximate surface area is 137 Å². The average Bonchev–Trinajstić information content (AvgIpc) is 2.99. The van der Waals surface area contributed by atoms with Gasteiger partial charge >= 0.3 is 0 Å². The van der Waals surface area contributed by atoms with Crippen molar-refractivity contribution in [1.82, 2.24) is 9.97 Å². The van der Waals surface area contributed by atoms with Crippen molar-refractivity contribution in [3.63, 3.8) is 0 Å². The van der Waals surface area contributed by atoms with Crippen LogP contribution in [-0.2, 0) is 6.42 Å². The van der Waals surface area contributed by atoms with E-state index in [4.69, 9.17) is 11.5 Å². The number of rotatable bonds is 5. The Morgan fingerprint density at radius 3 is 2.70 bits per heavy atom. The van der Waals surface area contributed by atoms with Gasteiger partial charge in [0.1, 0.15) is 5.82 Å². The largest absolute Gasteiger partial charge is 0.368 e. The third-order valence-corrected chi connectivity index (χ3v) is 4.53. The minimum Gasteiger partial charge on any atom is -0.368 e. The minimum absolute atomic E-state index is 0.223. The van der Waals surface area contributed by atoms with E-state index in [1.807, 2.05) is 6.07 Å². The summed E-state index contributed by atoms with van der Waals surface area (Å²) >= 11 is 0. The van der Waals surface area contributed by atoms with E-state index < -0.39 is 0 Å². The van der Waals surface area contributed by atoms with Gasteiger partial charge in [-0.15, -0.1) is 0 Å². The van der Waals surface area contributed by atoms with Gasteiger partial charge in [0.2, 0.25) is 5.95 Å². The maximum absolute atomic E-state index is 6.01. The van der Waals surface area contributed by atoms with Gasteiger partial charge in [0.25, 0.3) is 0 Å². The van der Waals surface area contributed by atoms with Crippen LogP contribution in [0.5, 0.6) is 0 Å². The second kappa shape index (κ2) is 6.96. The lowest BCUT2D eigenvalue weighted by molar-refractivity contribution is 0.638. The lowest BCUT2D eigenvalue weighted by atomic mass is 9.93. The summed E-state index contributed by atoms with van der Waals surface area (Å²) in [5.41, 5.74) is 14.3. The normalized spacial score (nSPS) is 19.0. The summed E-state index contributed by atoms with van der Waals surface area (Å²) in [5.74, 6) is 1.61. The second-order valence-electron chi connectivity index (χ2n) is 6.30. The van der Waals surface area contributed by atoms with Crippen molar-refractivity contribution in [2.75, 3.05) is 23.7 Å². The Balaban J connectivity index is 1.84. The molecule has 122 valence electrons. The van der Waals surface area contributed by atoms with E-state index in [2.05, 4.69) is 52.1 Å². The van der Waals surface area contributed by atoms with Gasteiger partial charge in [0.05, 0.1) is 5.69 Å². The highest BCUT2D eigenvalue weighted by atomic mass is 15.2. The number of nitrogen functional groups attached to an aromatic ring is 1. The molecule has 1 saturated heterocycles.